The fourth-order valence-electron chi connectivity index (χ4n) is 8.54. The van der Waals surface area contributed by atoms with E-state index in [1.54, 1.807) is 26.3 Å². The Morgan fingerprint density at radius 2 is 1.74 bits per heavy atom. The normalized spacial score (nSPS) is 22.2. The molecular formula is C45H60FN10O14P2S+. The number of unbranched alkanes of at least 4 members (excludes halogenated alkanes) is 2. The van der Waals surface area contributed by atoms with Crippen LogP contribution in [0.3, 0.4) is 0 Å². The fraction of sp³-hybridized carbons (Fsp3) is 0.489. The number of nitrogen functional groups attached to an aromatic ring is 1. The molecule has 0 radical (unpaired) electrons. The molecule has 396 valence electrons. The molecule has 3 aromatic heterocycles. The first-order valence-electron chi connectivity index (χ1n) is 23.3. The van der Waals surface area contributed by atoms with Gasteiger partial charge in [0.15, 0.2) is 6.33 Å². The van der Waals surface area contributed by atoms with E-state index in [9.17, 15) is 57.8 Å². The van der Waals surface area contributed by atoms with Crippen LogP contribution in [0.5, 0.6) is 0 Å². The molecule has 2 aliphatic heterocycles. The number of ether oxygens (including phenoxy) is 1. The van der Waals surface area contributed by atoms with Crippen molar-refractivity contribution < 1.29 is 71.1 Å². The first kappa shape index (κ1) is 55.4. The van der Waals surface area contributed by atoms with Crippen LogP contribution in [-0.2, 0) is 50.2 Å². The number of rotatable bonds is 21. The number of aromatic nitrogens is 5. The number of aromatic amines is 1. The van der Waals surface area contributed by atoms with Gasteiger partial charge in [0, 0.05) is 32.5 Å². The molecule has 2 aromatic carbocycles. The van der Waals surface area contributed by atoms with Crippen LogP contribution in [0.25, 0.3) is 21.6 Å². The van der Waals surface area contributed by atoms with Crippen molar-refractivity contribution in [3.8, 4) is 10.4 Å². The van der Waals surface area contributed by atoms with E-state index in [0.717, 1.165) is 21.7 Å². The van der Waals surface area contributed by atoms with Gasteiger partial charge in [0.25, 0.3) is 11.5 Å². The van der Waals surface area contributed by atoms with Gasteiger partial charge in [-0.05, 0) is 54.0 Å². The van der Waals surface area contributed by atoms with Crippen molar-refractivity contribution in [1.82, 2.24) is 40.1 Å². The topological polar surface area (TPSA) is 347 Å². The van der Waals surface area contributed by atoms with Crippen LogP contribution in [0.15, 0.2) is 65.2 Å². The van der Waals surface area contributed by atoms with Gasteiger partial charge < -0.3 is 51.1 Å². The Morgan fingerprint density at radius 1 is 1.04 bits per heavy atom. The number of hydrogen-bond acceptors (Lipinski definition) is 16. The molecule has 0 aliphatic carbocycles. The van der Waals surface area contributed by atoms with Gasteiger partial charge in [0.05, 0.1) is 35.3 Å². The standard InChI is InChI=1S/C45H59FN10O14P2S/c1-25-37(73-23-49-25)28-13-9-26(10-14-28)19-48-40(61)31-18-30(57)21-55(31)42(63)38(45(2,3)4)51-33(58)8-6-5-7-17-50-71(64,65)70-72(66,67)68-22-32-35(59)36(60)43(69-32)56-24-54(20-27-11-15-29(46)16-12-27)34-39(56)52-44(47)53-41(34)62/h9-16,23-24,30-32,35-36,38,43,57,59-60H,5-8,17-22H2,1-4H3,(H7-,47,48,50,51,52,53,58,61,62,64,65,66,67)/p+1. The molecule has 73 heavy (non-hydrogen) atoms. The molecular weight excluding hydrogens is 1020 g/mol. The van der Waals surface area contributed by atoms with Crippen LogP contribution in [0.2, 0.25) is 0 Å². The Balaban J connectivity index is 0.845. The number of nitrogens with one attached hydrogen (secondary N) is 4. The lowest BCUT2D eigenvalue weighted by Crippen LogP contribution is -2.57. The summed E-state index contributed by atoms with van der Waals surface area (Å²) < 4.78 is 57.0. The highest BCUT2D eigenvalue weighted by Crippen LogP contribution is 2.58. The summed E-state index contributed by atoms with van der Waals surface area (Å²) in [6, 6.07) is 11.1. The second kappa shape index (κ2) is 23.1. The van der Waals surface area contributed by atoms with Crippen molar-refractivity contribution in [2.45, 2.75) is 116 Å². The number of fused-ring (bicyclic) bond motifs is 1. The van der Waals surface area contributed by atoms with E-state index in [-0.39, 0.29) is 69.0 Å². The number of H-pyrrole nitrogens is 1. The molecule has 11 N–H and O–H groups in total. The number of β-amino-alcohol motifs (C(OH)–C–C–N with tert-alkyl or cyclic N) is 1. The van der Waals surface area contributed by atoms with Crippen molar-refractivity contribution in [2.24, 2.45) is 5.41 Å². The van der Waals surface area contributed by atoms with E-state index >= 15 is 0 Å². The number of likely N-dealkylation sites (tertiary alicyclic amines) is 1. The van der Waals surface area contributed by atoms with Gasteiger partial charge in [-0.25, -0.2) is 28.2 Å². The highest BCUT2D eigenvalue weighted by molar-refractivity contribution is 7.62. The Labute approximate surface area is 421 Å². The van der Waals surface area contributed by atoms with Gasteiger partial charge in [-0.15, -0.1) is 11.3 Å². The van der Waals surface area contributed by atoms with Crippen molar-refractivity contribution >= 4 is 61.7 Å². The molecule has 0 saturated carbocycles. The quantitative estimate of drug-likeness (QED) is 0.0285. The number of phosphoric ester groups is 1. The number of anilines is 1. The van der Waals surface area contributed by atoms with Crippen LogP contribution < -0.4 is 31.6 Å². The fourth-order valence-corrected chi connectivity index (χ4v) is 11.7. The highest BCUT2D eigenvalue weighted by Gasteiger charge is 2.49. The van der Waals surface area contributed by atoms with Crippen molar-refractivity contribution in [2.75, 3.05) is 25.4 Å². The lowest BCUT2D eigenvalue weighted by molar-refractivity contribution is -0.745. The van der Waals surface area contributed by atoms with E-state index in [4.69, 9.17) is 15.0 Å². The monoisotopic (exact) mass is 1080 g/mol. The van der Waals surface area contributed by atoms with Crippen molar-refractivity contribution in [3.05, 3.63) is 93.4 Å². The number of aliphatic hydroxyl groups is 3. The number of aliphatic hydroxyl groups excluding tert-OH is 3. The maximum atomic E-state index is 14.0. The average molecular weight is 1080 g/mol. The summed E-state index contributed by atoms with van der Waals surface area (Å²) in [7, 11) is -10.3. The Bertz CT molecular complexity index is 2940. The molecule has 5 heterocycles. The van der Waals surface area contributed by atoms with Gasteiger partial charge in [-0.1, -0.05) is 68.6 Å². The van der Waals surface area contributed by atoms with Crippen molar-refractivity contribution in [3.63, 3.8) is 0 Å². The third-order valence-electron chi connectivity index (χ3n) is 12.3. The van der Waals surface area contributed by atoms with E-state index in [1.165, 1.54) is 56.0 Å². The lowest BCUT2D eigenvalue weighted by atomic mass is 9.85. The van der Waals surface area contributed by atoms with Crippen LogP contribution in [-0.4, -0.2) is 123 Å². The molecule has 5 aromatic rings. The number of nitrogens with two attached hydrogens (primary N) is 1. The van der Waals surface area contributed by atoms with E-state index in [0.29, 0.717) is 12.0 Å². The average Bonchev–Trinajstić information content (AvgIpc) is 4.09. The number of amides is 3. The Morgan fingerprint density at radius 3 is 2.41 bits per heavy atom. The number of phosphoric acid groups is 1. The SMILES string of the molecule is Cc1ncsc1-c1ccc(CNC(=O)C2CC(O)CN2C(=O)C(NC(=O)CCCCCNP(=O)(O)OP(=O)(O)OCC2OC([n+]3cn(Cc4ccc(F)cc4)c4c(=O)[nH]c(N)nc43)C(O)C2O)C(C)(C)C)cc1. The zero-order valence-corrected chi connectivity index (χ0v) is 42.9. The molecule has 2 aliphatic rings. The maximum absolute atomic E-state index is 14.0. The lowest BCUT2D eigenvalue weighted by Gasteiger charge is -2.35. The van der Waals surface area contributed by atoms with Crippen LogP contribution in [0, 0.1) is 18.2 Å². The zero-order chi connectivity index (χ0) is 53.0. The molecule has 0 bridgehead atoms. The summed E-state index contributed by atoms with van der Waals surface area (Å²) in [5, 5.41) is 40.2. The second-order valence-electron chi connectivity index (χ2n) is 19.0. The van der Waals surface area contributed by atoms with E-state index in [1.807, 2.05) is 31.2 Å². The van der Waals surface area contributed by atoms with Crippen LogP contribution >= 0.6 is 26.9 Å². The predicted octanol–water partition coefficient (Wildman–Crippen LogP) is 2.03. The molecule has 0 spiro atoms. The number of nitrogens with zero attached hydrogens (tertiary/aromatic N) is 5. The Hall–Kier alpha value is -5.34. The Kier molecular flexibility index (Phi) is 17.5. The summed E-state index contributed by atoms with van der Waals surface area (Å²) in [5.41, 5.74) is 9.41. The molecule has 24 nitrogen and oxygen atoms in total. The maximum Gasteiger partial charge on any atom is 0.480 e. The van der Waals surface area contributed by atoms with Gasteiger partial charge in [0.1, 0.15) is 36.2 Å². The minimum absolute atomic E-state index is 0.0116. The first-order valence-corrected chi connectivity index (χ1v) is 27.2. The first-order chi connectivity index (χ1) is 34.4. The predicted molar refractivity (Wildman–Crippen MR) is 261 cm³/mol. The smallest absolute Gasteiger partial charge is 0.391 e. The van der Waals surface area contributed by atoms with Crippen LogP contribution in [0.1, 0.15) is 75.9 Å². The molecule has 2 fully saturated rings. The highest BCUT2D eigenvalue weighted by atomic mass is 32.1. The van der Waals surface area contributed by atoms with E-state index in [2.05, 4.69) is 35.0 Å². The second-order valence-corrected chi connectivity index (χ2v) is 23.0. The summed E-state index contributed by atoms with van der Waals surface area (Å²) in [6.07, 6.45) is -5.24. The summed E-state index contributed by atoms with van der Waals surface area (Å²) >= 11 is 1.53. The van der Waals surface area contributed by atoms with Gasteiger partial charge >= 0.3 is 21.2 Å². The minimum Gasteiger partial charge on any atom is -0.391 e. The summed E-state index contributed by atoms with van der Waals surface area (Å²) in [6.45, 7) is 6.24. The van der Waals surface area contributed by atoms with Gasteiger partial charge in [-0.2, -0.15) is 4.31 Å². The molecule has 3 amide bonds. The number of halogens is 1. The largest absolute Gasteiger partial charge is 0.480 e. The van der Waals surface area contributed by atoms with Crippen LogP contribution in [0.4, 0.5) is 10.3 Å². The molecule has 28 heteroatoms. The number of carbonyl (C=O) groups is 3. The summed E-state index contributed by atoms with van der Waals surface area (Å²) in [4.78, 5) is 87.5. The number of thiazole rings is 1. The number of aryl methyl sites for hydroxylation is 1. The number of carbonyl (C=O) groups excluding carboxylic acids is 3. The third kappa shape index (κ3) is 13.9. The zero-order valence-electron chi connectivity index (χ0n) is 40.3. The van der Waals surface area contributed by atoms with E-state index < -0.39 is 99.4 Å². The number of benzene rings is 2. The third-order valence-corrected chi connectivity index (χ3v) is 16.1. The molecule has 9 atom stereocenters. The van der Waals surface area contributed by atoms with Crippen molar-refractivity contribution in [1.29, 1.82) is 0 Å². The minimum atomic E-state index is -5.33. The van der Waals surface area contributed by atoms with Gasteiger partial charge in [0.2, 0.25) is 29.5 Å². The summed E-state index contributed by atoms with van der Waals surface area (Å²) in [5.74, 6) is -2.18. The molecule has 2 saturated heterocycles. The molecule has 7 rings (SSSR count). The molecule has 9 unspecified atom stereocenters. The number of imidazole rings is 1. The number of hydrogen-bond donors (Lipinski definition) is 10. The van der Waals surface area contributed by atoms with Gasteiger partial charge in [-0.3, -0.25) is 33.3 Å².